The van der Waals surface area contributed by atoms with E-state index in [4.69, 9.17) is 4.74 Å². The number of likely N-dealkylation sites (tertiary alicyclic amines) is 1. The molecule has 0 aromatic heterocycles. The van der Waals surface area contributed by atoms with E-state index in [9.17, 15) is 19.5 Å². The summed E-state index contributed by atoms with van der Waals surface area (Å²) in [4.78, 5) is 51.1. The highest BCUT2D eigenvalue weighted by atomic mass is 16.5. The van der Waals surface area contributed by atoms with Gasteiger partial charge in [0.15, 0.2) is 0 Å². The largest absolute Gasteiger partial charge is 0.394 e. The number of hydrogen-bond acceptors (Lipinski definition) is 6. The first-order valence-corrected chi connectivity index (χ1v) is 16.2. The van der Waals surface area contributed by atoms with Crippen molar-refractivity contribution >= 4 is 34.8 Å². The molecule has 0 bridgehead atoms. The predicted octanol–water partition coefficient (Wildman–Crippen LogP) is 4.03. The molecule has 4 aliphatic rings. The minimum absolute atomic E-state index is 0.163. The third-order valence-corrected chi connectivity index (χ3v) is 9.80. The molecule has 6 atom stereocenters. The summed E-state index contributed by atoms with van der Waals surface area (Å²) >= 11 is 0. The molecule has 238 valence electrons. The second kappa shape index (κ2) is 12.4. The molecule has 1 spiro atoms. The van der Waals surface area contributed by atoms with Crippen LogP contribution in [0.5, 0.6) is 0 Å². The van der Waals surface area contributed by atoms with E-state index in [1.165, 1.54) is 0 Å². The normalized spacial score (nSPS) is 28.2. The maximum Gasteiger partial charge on any atom is 0.253 e. The molecule has 0 radical (unpaired) electrons. The lowest BCUT2D eigenvalue weighted by Crippen LogP contribution is -2.58. The molecule has 1 unspecified atom stereocenters. The van der Waals surface area contributed by atoms with Crippen LogP contribution in [0.2, 0.25) is 0 Å². The second-order valence-corrected chi connectivity index (χ2v) is 12.8. The van der Waals surface area contributed by atoms with Crippen LogP contribution in [0.25, 0.3) is 0 Å². The fraction of sp³-hybridized carbons (Fsp3) is 0.472. The highest BCUT2D eigenvalue weighted by Gasteiger charge is 2.72. The summed E-state index contributed by atoms with van der Waals surface area (Å²) in [5, 5.41) is 10.6. The molecule has 9 nitrogen and oxygen atoms in total. The summed E-state index contributed by atoms with van der Waals surface area (Å²) in [7, 11) is 0. The van der Waals surface area contributed by atoms with Crippen LogP contribution in [0.3, 0.4) is 0 Å². The van der Waals surface area contributed by atoms with Crippen molar-refractivity contribution in [1.82, 2.24) is 4.90 Å². The SMILES string of the molecule is CCN(CC)c1ccc(N2CC=C[C@]34O[C@H]5C=CCN(c6ccccc6)C(=O)[C@H]5[C@H]3C(=O)N([C@@H](CO)CC(C)C)C4C2=O)cc1. The van der Waals surface area contributed by atoms with Gasteiger partial charge in [0.1, 0.15) is 11.6 Å². The summed E-state index contributed by atoms with van der Waals surface area (Å²) in [5.74, 6) is -2.37. The van der Waals surface area contributed by atoms with Crippen LogP contribution in [0.4, 0.5) is 17.1 Å². The minimum atomic E-state index is -1.36. The number of fused-ring (bicyclic) bond motifs is 2. The summed E-state index contributed by atoms with van der Waals surface area (Å²) in [6, 6.07) is 15.7. The Morgan fingerprint density at radius 1 is 0.889 bits per heavy atom. The third kappa shape index (κ3) is 5.16. The lowest BCUT2D eigenvalue weighted by atomic mass is 9.77. The number of aliphatic hydroxyl groups is 1. The van der Waals surface area contributed by atoms with Gasteiger partial charge in [-0.1, -0.05) is 56.4 Å². The molecule has 3 amide bonds. The zero-order valence-corrected chi connectivity index (χ0v) is 26.6. The molecule has 4 aliphatic heterocycles. The summed E-state index contributed by atoms with van der Waals surface area (Å²) in [5.41, 5.74) is 1.17. The van der Waals surface area contributed by atoms with Crippen LogP contribution in [-0.4, -0.2) is 84.3 Å². The lowest BCUT2D eigenvalue weighted by Gasteiger charge is -2.39. The van der Waals surface area contributed by atoms with Crippen LogP contribution in [0.1, 0.15) is 34.1 Å². The molecule has 9 heteroatoms. The number of benzene rings is 2. The molecule has 2 aromatic carbocycles. The minimum Gasteiger partial charge on any atom is -0.394 e. The molecule has 2 saturated heterocycles. The number of carbonyl (C=O) groups excluding carboxylic acids is 3. The van der Waals surface area contributed by atoms with E-state index < -0.39 is 35.6 Å². The van der Waals surface area contributed by atoms with Gasteiger partial charge in [-0.25, -0.2) is 0 Å². The summed E-state index contributed by atoms with van der Waals surface area (Å²) in [6.45, 7) is 10.4. The first-order valence-electron chi connectivity index (χ1n) is 16.2. The monoisotopic (exact) mass is 612 g/mol. The van der Waals surface area contributed by atoms with Crippen molar-refractivity contribution in [2.24, 2.45) is 17.8 Å². The second-order valence-electron chi connectivity index (χ2n) is 12.8. The van der Waals surface area contributed by atoms with E-state index in [1.807, 2.05) is 92.7 Å². The van der Waals surface area contributed by atoms with Crippen LogP contribution < -0.4 is 14.7 Å². The highest BCUT2D eigenvalue weighted by Crippen LogP contribution is 2.54. The van der Waals surface area contributed by atoms with Crippen molar-refractivity contribution in [3.8, 4) is 0 Å². The molecular weight excluding hydrogens is 568 g/mol. The van der Waals surface area contributed by atoms with E-state index in [2.05, 4.69) is 18.7 Å². The first kappa shape index (κ1) is 31.0. The van der Waals surface area contributed by atoms with Crippen molar-refractivity contribution in [2.75, 3.05) is 47.5 Å². The number of ether oxygens (including phenoxy) is 1. The number of rotatable bonds is 9. The zero-order chi connectivity index (χ0) is 31.9. The number of para-hydroxylation sites is 1. The Morgan fingerprint density at radius 2 is 1.53 bits per heavy atom. The molecule has 4 heterocycles. The van der Waals surface area contributed by atoms with Gasteiger partial charge in [-0.15, -0.1) is 0 Å². The quantitative estimate of drug-likeness (QED) is 0.430. The molecule has 2 aromatic rings. The fourth-order valence-electron chi connectivity index (χ4n) is 7.79. The number of aliphatic hydroxyl groups excluding tert-OH is 1. The van der Waals surface area contributed by atoms with E-state index in [0.29, 0.717) is 19.5 Å². The Kier molecular flexibility index (Phi) is 8.59. The van der Waals surface area contributed by atoms with Gasteiger partial charge in [-0.3, -0.25) is 14.4 Å². The Balaban J connectivity index is 1.43. The van der Waals surface area contributed by atoms with Gasteiger partial charge in [0.05, 0.1) is 30.6 Å². The molecule has 1 N–H and O–H groups in total. The molecular formula is C36H44N4O5. The molecule has 0 saturated carbocycles. The number of anilines is 3. The van der Waals surface area contributed by atoms with E-state index in [1.54, 1.807) is 14.7 Å². The Labute approximate surface area is 265 Å². The number of amides is 3. The van der Waals surface area contributed by atoms with Gasteiger partial charge in [0, 0.05) is 43.2 Å². The Morgan fingerprint density at radius 3 is 2.18 bits per heavy atom. The zero-order valence-electron chi connectivity index (χ0n) is 26.6. The lowest BCUT2D eigenvalue weighted by molar-refractivity contribution is -0.144. The number of carbonyl (C=O) groups is 3. The molecule has 45 heavy (non-hydrogen) atoms. The van der Waals surface area contributed by atoms with Crippen molar-refractivity contribution in [2.45, 2.75) is 57.9 Å². The average Bonchev–Trinajstić information content (AvgIpc) is 3.36. The number of nitrogens with zero attached hydrogens (tertiary/aromatic N) is 4. The van der Waals surface area contributed by atoms with Crippen LogP contribution >= 0.6 is 0 Å². The van der Waals surface area contributed by atoms with E-state index >= 15 is 0 Å². The third-order valence-electron chi connectivity index (χ3n) is 9.80. The van der Waals surface area contributed by atoms with Crippen LogP contribution in [0.15, 0.2) is 78.9 Å². The maximum absolute atomic E-state index is 14.8. The maximum atomic E-state index is 14.8. The first-order chi connectivity index (χ1) is 21.7. The average molecular weight is 613 g/mol. The smallest absolute Gasteiger partial charge is 0.253 e. The summed E-state index contributed by atoms with van der Waals surface area (Å²) < 4.78 is 6.81. The van der Waals surface area contributed by atoms with E-state index in [0.717, 1.165) is 30.2 Å². The van der Waals surface area contributed by atoms with Crippen molar-refractivity contribution < 1.29 is 24.2 Å². The van der Waals surface area contributed by atoms with Gasteiger partial charge in [-0.05, 0) is 62.6 Å². The highest BCUT2D eigenvalue weighted by molar-refractivity contribution is 6.07. The van der Waals surface area contributed by atoms with Crippen molar-refractivity contribution in [3.05, 3.63) is 78.9 Å². The van der Waals surface area contributed by atoms with Gasteiger partial charge in [0.25, 0.3) is 5.91 Å². The van der Waals surface area contributed by atoms with Crippen molar-refractivity contribution in [3.63, 3.8) is 0 Å². The Hall–Kier alpha value is -3.95. The van der Waals surface area contributed by atoms with Crippen LogP contribution in [-0.2, 0) is 19.1 Å². The van der Waals surface area contributed by atoms with E-state index in [-0.39, 0.29) is 30.2 Å². The predicted molar refractivity (Wildman–Crippen MR) is 175 cm³/mol. The standard InChI is InChI=1S/C36H44N4O5/c1-5-37(6-2)25-15-17-27(18-16-25)39-21-11-19-36-31(34(43)40(32(36)35(39)44)28(23-41)22-24(3)4)30-29(45-36)14-10-20-38(33(30)42)26-12-8-7-9-13-26/h7-19,24,28-32,41H,5-6,20-23H2,1-4H3/t28-,29+,30-,31+,32?,36+/m1/s1. The summed E-state index contributed by atoms with van der Waals surface area (Å²) in [6.07, 6.45) is 7.37. The molecule has 0 aliphatic carbocycles. The van der Waals surface area contributed by atoms with Gasteiger partial charge >= 0.3 is 0 Å². The topological polar surface area (TPSA) is 93.6 Å². The fourth-order valence-corrected chi connectivity index (χ4v) is 7.79. The number of hydrogen-bond donors (Lipinski definition) is 1. The van der Waals surface area contributed by atoms with Gasteiger partial charge in [-0.2, -0.15) is 0 Å². The molecule has 2 fully saturated rings. The molecule has 6 rings (SSSR count). The van der Waals surface area contributed by atoms with Gasteiger partial charge in [0.2, 0.25) is 11.8 Å². The van der Waals surface area contributed by atoms with Gasteiger partial charge < -0.3 is 29.4 Å². The Bertz CT molecular complexity index is 1470. The van der Waals surface area contributed by atoms with Crippen molar-refractivity contribution in [1.29, 1.82) is 0 Å². The van der Waals surface area contributed by atoms with Crippen LogP contribution in [0, 0.1) is 17.8 Å².